The van der Waals surface area contributed by atoms with Gasteiger partial charge in [0.05, 0.1) is 0 Å². The molecule has 0 fully saturated rings. The summed E-state index contributed by atoms with van der Waals surface area (Å²) in [7, 11) is 1.97. The molecule has 0 saturated heterocycles. The summed E-state index contributed by atoms with van der Waals surface area (Å²) in [6, 6.07) is 4.34. The van der Waals surface area contributed by atoms with Gasteiger partial charge >= 0.3 is 0 Å². The van der Waals surface area contributed by atoms with Crippen LogP contribution in [0, 0.1) is 13.8 Å². The van der Waals surface area contributed by atoms with Crippen molar-refractivity contribution in [1.29, 1.82) is 0 Å². The second kappa shape index (κ2) is 3.82. The number of aryl methyl sites for hydroxylation is 1. The van der Waals surface area contributed by atoms with Crippen LogP contribution in [0.4, 0.5) is 5.69 Å². The molecule has 72 valence electrons. The van der Waals surface area contributed by atoms with Crippen LogP contribution in [0.1, 0.15) is 36.5 Å². The monoisotopic (exact) mass is 177 g/mol. The number of anilines is 1. The van der Waals surface area contributed by atoms with Crippen LogP contribution < -0.4 is 5.32 Å². The van der Waals surface area contributed by atoms with Crippen molar-refractivity contribution in [3.05, 3.63) is 28.8 Å². The van der Waals surface area contributed by atoms with E-state index >= 15 is 0 Å². The van der Waals surface area contributed by atoms with E-state index in [1.54, 1.807) is 0 Å². The van der Waals surface area contributed by atoms with E-state index in [1.165, 1.54) is 22.4 Å². The highest BCUT2D eigenvalue weighted by Crippen LogP contribution is 2.28. The lowest BCUT2D eigenvalue weighted by Crippen LogP contribution is -2.00. The third-order valence-electron chi connectivity index (χ3n) is 2.58. The van der Waals surface area contributed by atoms with Gasteiger partial charge in [-0.2, -0.15) is 0 Å². The Bertz CT molecular complexity index is 300. The number of nitrogens with one attached hydrogen (secondary N) is 1. The minimum atomic E-state index is 0.605. The predicted molar refractivity (Wildman–Crippen MR) is 59.6 cm³/mol. The summed E-state index contributed by atoms with van der Waals surface area (Å²) in [6.07, 6.45) is 0. The first-order valence-electron chi connectivity index (χ1n) is 4.85. The van der Waals surface area contributed by atoms with Crippen molar-refractivity contribution < 1.29 is 0 Å². The Morgan fingerprint density at radius 1 is 1.15 bits per heavy atom. The molecule has 0 bridgehead atoms. The van der Waals surface area contributed by atoms with E-state index in [-0.39, 0.29) is 0 Å². The Morgan fingerprint density at radius 2 is 1.77 bits per heavy atom. The first-order chi connectivity index (χ1) is 6.07. The molecule has 1 N–H and O–H groups in total. The van der Waals surface area contributed by atoms with E-state index in [9.17, 15) is 0 Å². The lowest BCUT2D eigenvalue weighted by Gasteiger charge is -2.16. The summed E-state index contributed by atoms with van der Waals surface area (Å²) in [4.78, 5) is 0. The topological polar surface area (TPSA) is 12.0 Å². The molecule has 0 radical (unpaired) electrons. The molecule has 0 aliphatic carbocycles. The van der Waals surface area contributed by atoms with Crippen LogP contribution in [-0.2, 0) is 0 Å². The fraction of sp³-hybridized carbons (Fsp3) is 0.500. The van der Waals surface area contributed by atoms with Gasteiger partial charge in [0, 0.05) is 12.7 Å². The molecule has 0 aliphatic heterocycles. The molecule has 1 heteroatoms. The molecule has 13 heavy (non-hydrogen) atoms. The normalized spacial score (nSPS) is 10.6. The third kappa shape index (κ3) is 1.85. The first-order valence-corrected chi connectivity index (χ1v) is 4.85. The zero-order valence-electron chi connectivity index (χ0n) is 9.23. The van der Waals surface area contributed by atoms with Gasteiger partial charge in [0.25, 0.3) is 0 Å². The van der Waals surface area contributed by atoms with Crippen molar-refractivity contribution in [2.24, 2.45) is 0 Å². The van der Waals surface area contributed by atoms with E-state index in [1.807, 2.05) is 7.05 Å². The molecule has 1 nitrogen and oxygen atoms in total. The van der Waals surface area contributed by atoms with Gasteiger partial charge in [-0.3, -0.25) is 0 Å². The maximum atomic E-state index is 3.22. The molecule has 1 rings (SSSR count). The minimum absolute atomic E-state index is 0.605. The second-order valence-corrected chi connectivity index (χ2v) is 3.87. The average molecular weight is 177 g/mol. The number of hydrogen-bond acceptors (Lipinski definition) is 1. The summed E-state index contributed by atoms with van der Waals surface area (Å²) >= 11 is 0. The van der Waals surface area contributed by atoms with E-state index in [0.717, 1.165) is 0 Å². The van der Waals surface area contributed by atoms with E-state index in [2.05, 4.69) is 45.1 Å². The summed E-state index contributed by atoms with van der Waals surface area (Å²) < 4.78 is 0. The highest BCUT2D eigenvalue weighted by Gasteiger charge is 2.09. The van der Waals surface area contributed by atoms with Crippen LogP contribution >= 0.6 is 0 Å². The highest BCUT2D eigenvalue weighted by atomic mass is 14.8. The smallest absolute Gasteiger partial charge is 0.0370 e. The summed E-state index contributed by atoms with van der Waals surface area (Å²) in [5, 5.41) is 3.22. The van der Waals surface area contributed by atoms with Crippen molar-refractivity contribution in [1.82, 2.24) is 0 Å². The molecule has 0 amide bonds. The molecular formula is C12H19N. The van der Waals surface area contributed by atoms with Crippen molar-refractivity contribution in [3.8, 4) is 0 Å². The Kier molecular flexibility index (Phi) is 2.97. The van der Waals surface area contributed by atoms with Gasteiger partial charge in [-0.15, -0.1) is 0 Å². The SMILES string of the molecule is CNc1ccc(C)c(C(C)C)c1C. The van der Waals surface area contributed by atoms with Crippen LogP contribution in [0.25, 0.3) is 0 Å². The third-order valence-corrected chi connectivity index (χ3v) is 2.58. The predicted octanol–water partition coefficient (Wildman–Crippen LogP) is 3.47. The molecule has 0 heterocycles. The molecule has 0 atom stereocenters. The zero-order valence-corrected chi connectivity index (χ0v) is 9.23. The number of hydrogen-bond donors (Lipinski definition) is 1. The van der Waals surface area contributed by atoms with Crippen LogP contribution in [0.2, 0.25) is 0 Å². The Labute approximate surface area is 81.2 Å². The molecule has 0 saturated carbocycles. The van der Waals surface area contributed by atoms with Gasteiger partial charge in [0.1, 0.15) is 0 Å². The van der Waals surface area contributed by atoms with Gasteiger partial charge in [-0.1, -0.05) is 19.9 Å². The molecule has 1 aromatic carbocycles. The minimum Gasteiger partial charge on any atom is -0.388 e. The van der Waals surface area contributed by atoms with Crippen LogP contribution in [-0.4, -0.2) is 7.05 Å². The molecule has 0 unspecified atom stereocenters. The average Bonchev–Trinajstić information content (AvgIpc) is 2.04. The fourth-order valence-corrected chi connectivity index (χ4v) is 2.02. The van der Waals surface area contributed by atoms with Crippen molar-refractivity contribution in [2.45, 2.75) is 33.6 Å². The molecule has 1 aromatic rings. The number of benzene rings is 1. The molecule has 0 spiro atoms. The van der Waals surface area contributed by atoms with Crippen LogP contribution in [0.3, 0.4) is 0 Å². The van der Waals surface area contributed by atoms with Gasteiger partial charge in [-0.05, 0) is 42.5 Å². The largest absolute Gasteiger partial charge is 0.388 e. The summed E-state index contributed by atoms with van der Waals surface area (Å²) in [5.74, 6) is 0.605. The maximum Gasteiger partial charge on any atom is 0.0370 e. The lowest BCUT2D eigenvalue weighted by atomic mass is 9.92. The van der Waals surface area contributed by atoms with Crippen molar-refractivity contribution in [3.63, 3.8) is 0 Å². The van der Waals surface area contributed by atoms with E-state index in [4.69, 9.17) is 0 Å². The van der Waals surface area contributed by atoms with Gasteiger partial charge in [0.2, 0.25) is 0 Å². The first kappa shape index (κ1) is 10.1. The Balaban J connectivity index is 3.30. The lowest BCUT2D eigenvalue weighted by molar-refractivity contribution is 0.847. The molecular weight excluding hydrogens is 158 g/mol. The summed E-state index contributed by atoms with van der Waals surface area (Å²) in [6.45, 7) is 8.86. The van der Waals surface area contributed by atoms with Gasteiger partial charge in [0.15, 0.2) is 0 Å². The fourth-order valence-electron chi connectivity index (χ4n) is 2.02. The molecule has 0 aromatic heterocycles. The highest BCUT2D eigenvalue weighted by molar-refractivity contribution is 5.56. The summed E-state index contributed by atoms with van der Waals surface area (Å²) in [5.41, 5.74) is 5.50. The van der Waals surface area contributed by atoms with Crippen molar-refractivity contribution >= 4 is 5.69 Å². The molecule has 0 aliphatic rings. The zero-order chi connectivity index (χ0) is 10.0. The second-order valence-electron chi connectivity index (χ2n) is 3.87. The van der Waals surface area contributed by atoms with Crippen LogP contribution in [0.5, 0.6) is 0 Å². The van der Waals surface area contributed by atoms with Crippen LogP contribution in [0.15, 0.2) is 12.1 Å². The maximum absolute atomic E-state index is 3.22. The van der Waals surface area contributed by atoms with E-state index < -0.39 is 0 Å². The van der Waals surface area contributed by atoms with E-state index in [0.29, 0.717) is 5.92 Å². The van der Waals surface area contributed by atoms with Gasteiger partial charge in [-0.25, -0.2) is 0 Å². The Morgan fingerprint density at radius 3 is 2.23 bits per heavy atom. The number of rotatable bonds is 2. The Hall–Kier alpha value is -0.980. The van der Waals surface area contributed by atoms with Gasteiger partial charge < -0.3 is 5.32 Å². The van der Waals surface area contributed by atoms with Crippen molar-refractivity contribution in [2.75, 3.05) is 12.4 Å². The standard InChI is InChI=1S/C12H19N/c1-8(2)12-9(3)6-7-11(13-5)10(12)4/h6-8,13H,1-5H3. The quantitative estimate of drug-likeness (QED) is 0.729.